The minimum absolute atomic E-state index is 0.936. The van der Waals surface area contributed by atoms with Gasteiger partial charge in [-0.3, -0.25) is 4.98 Å². The van der Waals surface area contributed by atoms with Crippen LogP contribution in [0.15, 0.2) is 30.6 Å². The molecular formula is C15H16N2. The summed E-state index contributed by atoms with van der Waals surface area (Å²) in [5.41, 5.74) is 6.26. The minimum Gasteiger partial charge on any atom is -0.261 e. The third-order valence-electron chi connectivity index (χ3n) is 3.44. The lowest BCUT2D eigenvalue weighted by Gasteiger charge is -2.05. The fourth-order valence-corrected chi connectivity index (χ4v) is 2.45. The van der Waals surface area contributed by atoms with Crippen molar-refractivity contribution in [2.24, 2.45) is 0 Å². The van der Waals surface area contributed by atoms with Crippen molar-refractivity contribution in [3.05, 3.63) is 47.4 Å². The van der Waals surface area contributed by atoms with E-state index in [1.54, 1.807) is 0 Å². The molecule has 2 aromatic rings. The molecule has 1 aromatic heterocycles. The van der Waals surface area contributed by atoms with Crippen LogP contribution in [0.3, 0.4) is 0 Å². The number of nitrogens with zero attached hydrogens (tertiary/aromatic N) is 2. The van der Waals surface area contributed by atoms with E-state index in [2.05, 4.69) is 35.1 Å². The van der Waals surface area contributed by atoms with Crippen LogP contribution in [-0.2, 0) is 19.3 Å². The van der Waals surface area contributed by atoms with Gasteiger partial charge in [-0.15, -0.1) is 0 Å². The van der Waals surface area contributed by atoms with E-state index in [4.69, 9.17) is 0 Å². The molecule has 2 nitrogen and oxygen atoms in total. The van der Waals surface area contributed by atoms with Gasteiger partial charge in [-0.25, -0.2) is 4.98 Å². The quantitative estimate of drug-likeness (QED) is 0.783. The van der Waals surface area contributed by atoms with Crippen LogP contribution < -0.4 is 0 Å². The number of aryl methyl sites for hydroxylation is 3. The summed E-state index contributed by atoms with van der Waals surface area (Å²) in [6.07, 6.45) is 8.37. The third-order valence-corrected chi connectivity index (χ3v) is 3.44. The Balaban J connectivity index is 2.03. The molecule has 0 unspecified atom stereocenters. The molecule has 0 radical (unpaired) electrons. The molecule has 1 aliphatic rings. The summed E-state index contributed by atoms with van der Waals surface area (Å²) < 4.78 is 0. The standard InChI is InChI=1S/C15H16N2/c1-2-14-9-16-10-15(17-14)13-7-6-11-4-3-5-12(11)8-13/h6-10H,2-5H2,1H3. The first-order valence-corrected chi connectivity index (χ1v) is 6.30. The van der Waals surface area contributed by atoms with Gasteiger partial charge in [-0.2, -0.15) is 0 Å². The van der Waals surface area contributed by atoms with Crippen molar-refractivity contribution < 1.29 is 0 Å². The Hall–Kier alpha value is -1.70. The Bertz CT molecular complexity index is 546. The lowest BCUT2D eigenvalue weighted by atomic mass is 10.0. The van der Waals surface area contributed by atoms with Crippen molar-refractivity contribution in [1.82, 2.24) is 9.97 Å². The van der Waals surface area contributed by atoms with Gasteiger partial charge in [-0.1, -0.05) is 19.1 Å². The molecule has 0 aliphatic heterocycles. The largest absolute Gasteiger partial charge is 0.261 e. The average molecular weight is 224 g/mol. The highest BCUT2D eigenvalue weighted by molar-refractivity contribution is 5.60. The molecule has 1 heterocycles. The lowest BCUT2D eigenvalue weighted by molar-refractivity contribution is 0.912. The molecule has 0 saturated carbocycles. The molecule has 0 bridgehead atoms. The molecule has 0 fully saturated rings. The van der Waals surface area contributed by atoms with Gasteiger partial charge in [0.15, 0.2) is 0 Å². The molecule has 0 saturated heterocycles. The van der Waals surface area contributed by atoms with Crippen molar-refractivity contribution in [1.29, 1.82) is 0 Å². The highest BCUT2D eigenvalue weighted by Crippen LogP contribution is 2.26. The van der Waals surface area contributed by atoms with Crippen molar-refractivity contribution >= 4 is 0 Å². The fraction of sp³-hybridized carbons (Fsp3) is 0.333. The molecule has 1 aliphatic carbocycles. The molecule has 0 N–H and O–H groups in total. The number of fused-ring (bicyclic) bond motifs is 1. The summed E-state index contributed by atoms with van der Waals surface area (Å²) in [6, 6.07) is 6.71. The highest BCUT2D eigenvalue weighted by atomic mass is 14.8. The molecule has 17 heavy (non-hydrogen) atoms. The first-order valence-electron chi connectivity index (χ1n) is 6.30. The molecule has 0 atom stereocenters. The van der Waals surface area contributed by atoms with Gasteiger partial charge in [0, 0.05) is 11.8 Å². The molecule has 86 valence electrons. The zero-order valence-corrected chi connectivity index (χ0v) is 10.1. The predicted molar refractivity (Wildman–Crippen MR) is 68.9 cm³/mol. The van der Waals surface area contributed by atoms with E-state index in [0.717, 1.165) is 17.8 Å². The smallest absolute Gasteiger partial charge is 0.0888 e. The second kappa shape index (κ2) is 4.28. The fourth-order valence-electron chi connectivity index (χ4n) is 2.45. The maximum Gasteiger partial charge on any atom is 0.0888 e. The summed E-state index contributed by atoms with van der Waals surface area (Å²) in [4.78, 5) is 8.89. The maximum absolute atomic E-state index is 4.62. The Morgan fingerprint density at radius 1 is 1.12 bits per heavy atom. The SMILES string of the molecule is CCc1cncc(-c2ccc3c(c2)CCC3)n1. The lowest BCUT2D eigenvalue weighted by Crippen LogP contribution is -1.93. The summed E-state index contributed by atoms with van der Waals surface area (Å²) in [6.45, 7) is 2.11. The van der Waals surface area contributed by atoms with E-state index >= 15 is 0 Å². The average Bonchev–Trinajstić information content (AvgIpc) is 2.86. The number of aromatic nitrogens is 2. The van der Waals surface area contributed by atoms with E-state index in [1.165, 1.54) is 36.0 Å². The van der Waals surface area contributed by atoms with Crippen LogP contribution in [0.4, 0.5) is 0 Å². The number of benzene rings is 1. The molecule has 3 rings (SSSR count). The van der Waals surface area contributed by atoms with E-state index in [9.17, 15) is 0 Å². The van der Waals surface area contributed by atoms with E-state index in [0.29, 0.717) is 0 Å². The second-order valence-electron chi connectivity index (χ2n) is 4.59. The van der Waals surface area contributed by atoms with Crippen molar-refractivity contribution in [2.75, 3.05) is 0 Å². The van der Waals surface area contributed by atoms with Gasteiger partial charge in [0.1, 0.15) is 0 Å². The topological polar surface area (TPSA) is 25.8 Å². The van der Waals surface area contributed by atoms with E-state index < -0.39 is 0 Å². The summed E-state index contributed by atoms with van der Waals surface area (Å²) in [5, 5.41) is 0. The number of hydrogen-bond donors (Lipinski definition) is 0. The molecule has 0 amide bonds. The first kappa shape index (κ1) is 10.5. The Morgan fingerprint density at radius 2 is 2.00 bits per heavy atom. The number of rotatable bonds is 2. The maximum atomic E-state index is 4.62. The van der Waals surface area contributed by atoms with Crippen molar-refractivity contribution in [2.45, 2.75) is 32.6 Å². The molecule has 0 spiro atoms. The van der Waals surface area contributed by atoms with Crippen LogP contribution in [0.2, 0.25) is 0 Å². The van der Waals surface area contributed by atoms with E-state index in [-0.39, 0.29) is 0 Å². The van der Waals surface area contributed by atoms with Gasteiger partial charge in [0.25, 0.3) is 0 Å². The summed E-state index contributed by atoms with van der Waals surface area (Å²) in [5.74, 6) is 0. The highest BCUT2D eigenvalue weighted by Gasteiger charge is 2.12. The zero-order chi connectivity index (χ0) is 11.7. The van der Waals surface area contributed by atoms with E-state index in [1.807, 2.05) is 12.4 Å². The third kappa shape index (κ3) is 1.95. The monoisotopic (exact) mass is 224 g/mol. The normalized spacial score (nSPS) is 13.7. The van der Waals surface area contributed by atoms with Crippen LogP contribution in [0.5, 0.6) is 0 Å². The summed E-state index contributed by atoms with van der Waals surface area (Å²) >= 11 is 0. The molecule has 2 heteroatoms. The molecule has 1 aromatic carbocycles. The zero-order valence-electron chi connectivity index (χ0n) is 10.1. The van der Waals surface area contributed by atoms with Crippen LogP contribution in [0.25, 0.3) is 11.3 Å². The van der Waals surface area contributed by atoms with Gasteiger partial charge < -0.3 is 0 Å². The van der Waals surface area contributed by atoms with Crippen molar-refractivity contribution in [3.63, 3.8) is 0 Å². The van der Waals surface area contributed by atoms with Gasteiger partial charge in [0.05, 0.1) is 17.6 Å². The van der Waals surface area contributed by atoms with Gasteiger partial charge in [-0.05, 0) is 42.9 Å². The van der Waals surface area contributed by atoms with Crippen LogP contribution in [0.1, 0.15) is 30.2 Å². The Kier molecular flexibility index (Phi) is 2.63. The van der Waals surface area contributed by atoms with Gasteiger partial charge in [0.2, 0.25) is 0 Å². The second-order valence-corrected chi connectivity index (χ2v) is 4.59. The number of hydrogen-bond acceptors (Lipinski definition) is 2. The van der Waals surface area contributed by atoms with Crippen LogP contribution in [-0.4, -0.2) is 9.97 Å². The molecular weight excluding hydrogens is 208 g/mol. The predicted octanol–water partition coefficient (Wildman–Crippen LogP) is 3.19. The Morgan fingerprint density at radius 3 is 2.88 bits per heavy atom. The van der Waals surface area contributed by atoms with Gasteiger partial charge >= 0.3 is 0 Å². The van der Waals surface area contributed by atoms with Crippen molar-refractivity contribution in [3.8, 4) is 11.3 Å². The van der Waals surface area contributed by atoms with Crippen LogP contribution >= 0.6 is 0 Å². The first-order chi connectivity index (χ1) is 8.36. The van der Waals surface area contributed by atoms with Crippen LogP contribution in [0, 0.1) is 0 Å². The summed E-state index contributed by atoms with van der Waals surface area (Å²) in [7, 11) is 0. The minimum atomic E-state index is 0.936. The Labute approximate surface area is 102 Å².